The lowest BCUT2D eigenvalue weighted by atomic mass is 10.1. The van der Waals surface area contributed by atoms with E-state index in [0.29, 0.717) is 17.3 Å². The summed E-state index contributed by atoms with van der Waals surface area (Å²) >= 11 is 0. The first-order valence-electron chi connectivity index (χ1n) is 7.29. The van der Waals surface area contributed by atoms with E-state index in [1.807, 2.05) is 24.3 Å². The van der Waals surface area contributed by atoms with Gasteiger partial charge in [-0.15, -0.1) is 0 Å². The molecule has 0 aliphatic carbocycles. The van der Waals surface area contributed by atoms with E-state index >= 15 is 0 Å². The number of nitrogens with one attached hydrogen (secondary N) is 1. The average Bonchev–Trinajstić information content (AvgIpc) is 2.61. The highest BCUT2D eigenvalue weighted by Gasteiger charge is 2.19. The lowest BCUT2D eigenvalue weighted by Crippen LogP contribution is -2.00. The molecule has 0 unspecified atom stereocenters. The molecule has 3 aromatic rings. The fourth-order valence-corrected chi connectivity index (χ4v) is 2.39. The Kier molecular flexibility index (Phi) is 4.42. The summed E-state index contributed by atoms with van der Waals surface area (Å²) in [6, 6.07) is 13.3. The van der Waals surface area contributed by atoms with Crippen molar-refractivity contribution in [2.75, 3.05) is 12.4 Å². The quantitative estimate of drug-likeness (QED) is 0.541. The first kappa shape index (κ1) is 16.2. The number of ether oxygens (including phenoxy) is 1. The van der Waals surface area contributed by atoms with Gasteiger partial charge >= 0.3 is 5.69 Å². The standard InChI is InChI=1S/C17H14N4O4/c1-25-15-8-3-2-5-11(15)13-9-16(19-10-18-13)20-12-6-4-7-14(22)17(12)21(23)24/h2-10,22H,1H3,(H,18,19,20). The molecule has 0 bridgehead atoms. The molecule has 0 spiro atoms. The maximum absolute atomic E-state index is 11.2. The molecular formula is C17H14N4O4. The number of phenols is 1. The van der Waals surface area contributed by atoms with Crippen LogP contribution in [0.25, 0.3) is 11.3 Å². The van der Waals surface area contributed by atoms with E-state index in [9.17, 15) is 15.2 Å². The Balaban J connectivity index is 1.99. The number of aromatic hydroxyl groups is 1. The third kappa shape index (κ3) is 3.32. The second kappa shape index (κ2) is 6.83. The van der Waals surface area contributed by atoms with E-state index in [0.717, 1.165) is 5.56 Å². The van der Waals surface area contributed by atoms with E-state index in [1.165, 1.54) is 24.5 Å². The topological polar surface area (TPSA) is 110 Å². The van der Waals surface area contributed by atoms with Crippen LogP contribution in [0.15, 0.2) is 54.9 Å². The van der Waals surface area contributed by atoms with Gasteiger partial charge in [-0.05, 0) is 24.3 Å². The second-order valence-corrected chi connectivity index (χ2v) is 5.04. The Hall–Kier alpha value is -3.68. The number of nitro groups is 1. The zero-order valence-electron chi connectivity index (χ0n) is 13.2. The monoisotopic (exact) mass is 338 g/mol. The summed E-state index contributed by atoms with van der Waals surface area (Å²) in [7, 11) is 1.56. The van der Waals surface area contributed by atoms with Gasteiger partial charge in [-0.25, -0.2) is 9.97 Å². The summed E-state index contributed by atoms with van der Waals surface area (Å²) in [4.78, 5) is 18.8. The van der Waals surface area contributed by atoms with Crippen molar-refractivity contribution < 1.29 is 14.8 Å². The minimum atomic E-state index is -0.653. The number of para-hydroxylation sites is 2. The normalized spacial score (nSPS) is 10.3. The number of anilines is 2. The van der Waals surface area contributed by atoms with Gasteiger partial charge in [0.05, 0.1) is 17.7 Å². The summed E-state index contributed by atoms with van der Waals surface area (Å²) in [5.74, 6) is 0.578. The Bertz CT molecular complexity index is 930. The minimum Gasteiger partial charge on any atom is -0.502 e. The van der Waals surface area contributed by atoms with Crippen LogP contribution in [-0.4, -0.2) is 27.1 Å². The van der Waals surface area contributed by atoms with Gasteiger partial charge in [0, 0.05) is 11.6 Å². The maximum atomic E-state index is 11.2. The molecule has 0 saturated carbocycles. The Morgan fingerprint density at radius 2 is 1.96 bits per heavy atom. The molecule has 8 nitrogen and oxygen atoms in total. The van der Waals surface area contributed by atoms with Crippen LogP contribution >= 0.6 is 0 Å². The lowest BCUT2D eigenvalue weighted by molar-refractivity contribution is -0.384. The Labute approximate surface area is 142 Å². The highest BCUT2D eigenvalue weighted by atomic mass is 16.6. The molecule has 0 saturated heterocycles. The van der Waals surface area contributed by atoms with Crippen LogP contribution in [-0.2, 0) is 0 Å². The third-order valence-electron chi connectivity index (χ3n) is 3.51. The van der Waals surface area contributed by atoms with Gasteiger partial charge in [0.25, 0.3) is 0 Å². The largest absolute Gasteiger partial charge is 0.502 e. The number of phenolic OH excluding ortho intramolecular Hbond substituents is 1. The van der Waals surface area contributed by atoms with Crippen LogP contribution in [0.1, 0.15) is 0 Å². The zero-order chi connectivity index (χ0) is 17.8. The van der Waals surface area contributed by atoms with E-state index in [1.54, 1.807) is 13.2 Å². The van der Waals surface area contributed by atoms with Crippen molar-refractivity contribution in [1.82, 2.24) is 9.97 Å². The average molecular weight is 338 g/mol. The molecule has 0 fully saturated rings. The van der Waals surface area contributed by atoms with Gasteiger partial charge in [-0.2, -0.15) is 0 Å². The van der Waals surface area contributed by atoms with Crippen molar-refractivity contribution in [2.45, 2.75) is 0 Å². The summed E-state index contributed by atoms with van der Waals surface area (Å²) in [5.41, 5.74) is 1.08. The number of hydrogen-bond donors (Lipinski definition) is 2. The Morgan fingerprint density at radius 1 is 1.16 bits per heavy atom. The number of nitro benzene ring substituents is 1. The van der Waals surface area contributed by atoms with E-state index in [2.05, 4.69) is 15.3 Å². The number of aromatic nitrogens is 2. The first-order valence-corrected chi connectivity index (χ1v) is 7.29. The molecule has 0 amide bonds. The predicted molar refractivity (Wildman–Crippen MR) is 92.1 cm³/mol. The maximum Gasteiger partial charge on any atom is 0.333 e. The van der Waals surface area contributed by atoms with Gasteiger partial charge in [0.1, 0.15) is 23.6 Å². The summed E-state index contributed by atoms with van der Waals surface area (Å²) in [5, 5.41) is 23.7. The predicted octanol–water partition coefficient (Wildman–Crippen LogP) is 3.51. The summed E-state index contributed by atoms with van der Waals surface area (Å²) in [6.45, 7) is 0. The van der Waals surface area contributed by atoms with Crippen LogP contribution in [0.5, 0.6) is 11.5 Å². The van der Waals surface area contributed by atoms with Crippen LogP contribution in [0.2, 0.25) is 0 Å². The van der Waals surface area contributed by atoms with E-state index < -0.39 is 16.4 Å². The van der Waals surface area contributed by atoms with E-state index in [4.69, 9.17) is 4.74 Å². The molecule has 0 atom stereocenters. The molecule has 1 heterocycles. The van der Waals surface area contributed by atoms with Crippen LogP contribution < -0.4 is 10.1 Å². The van der Waals surface area contributed by atoms with Crippen molar-refractivity contribution in [3.8, 4) is 22.8 Å². The van der Waals surface area contributed by atoms with Gasteiger partial charge in [0.2, 0.25) is 0 Å². The molecule has 0 aliphatic rings. The number of nitrogens with zero attached hydrogens (tertiary/aromatic N) is 3. The van der Waals surface area contributed by atoms with Crippen molar-refractivity contribution in [3.05, 3.63) is 65.0 Å². The van der Waals surface area contributed by atoms with Crippen LogP contribution in [0.4, 0.5) is 17.2 Å². The minimum absolute atomic E-state index is 0.134. The molecular weight excluding hydrogens is 324 g/mol. The van der Waals surface area contributed by atoms with Crippen molar-refractivity contribution >= 4 is 17.2 Å². The van der Waals surface area contributed by atoms with Crippen molar-refractivity contribution in [2.24, 2.45) is 0 Å². The highest BCUT2D eigenvalue weighted by Crippen LogP contribution is 2.35. The second-order valence-electron chi connectivity index (χ2n) is 5.04. The van der Waals surface area contributed by atoms with Crippen LogP contribution in [0.3, 0.4) is 0 Å². The molecule has 0 aliphatic heterocycles. The first-order chi connectivity index (χ1) is 12.1. The van der Waals surface area contributed by atoms with Gasteiger partial charge in [-0.3, -0.25) is 10.1 Å². The number of methoxy groups -OCH3 is 1. The van der Waals surface area contributed by atoms with Crippen molar-refractivity contribution in [1.29, 1.82) is 0 Å². The highest BCUT2D eigenvalue weighted by molar-refractivity contribution is 5.75. The molecule has 3 rings (SSSR count). The molecule has 1 aromatic heterocycles. The van der Waals surface area contributed by atoms with Gasteiger partial charge in [-0.1, -0.05) is 18.2 Å². The van der Waals surface area contributed by atoms with E-state index in [-0.39, 0.29) is 5.69 Å². The lowest BCUT2D eigenvalue weighted by Gasteiger charge is -2.10. The Morgan fingerprint density at radius 3 is 2.72 bits per heavy atom. The molecule has 126 valence electrons. The number of benzene rings is 2. The smallest absolute Gasteiger partial charge is 0.333 e. The fourth-order valence-electron chi connectivity index (χ4n) is 2.39. The zero-order valence-corrected chi connectivity index (χ0v) is 13.2. The molecule has 8 heteroatoms. The molecule has 25 heavy (non-hydrogen) atoms. The summed E-state index contributed by atoms with van der Waals surface area (Å²) in [6.07, 6.45) is 1.35. The number of rotatable bonds is 5. The van der Waals surface area contributed by atoms with Crippen molar-refractivity contribution in [3.63, 3.8) is 0 Å². The molecule has 2 aromatic carbocycles. The summed E-state index contributed by atoms with van der Waals surface area (Å²) < 4.78 is 5.32. The third-order valence-corrected chi connectivity index (χ3v) is 3.51. The SMILES string of the molecule is COc1ccccc1-c1cc(Nc2cccc(O)c2[N+](=O)[O-])ncn1. The molecule has 2 N–H and O–H groups in total. The van der Waals surface area contributed by atoms with Gasteiger partial charge in [0.15, 0.2) is 5.75 Å². The molecule has 0 radical (unpaired) electrons. The van der Waals surface area contributed by atoms with Gasteiger partial charge < -0.3 is 15.2 Å². The fraction of sp³-hybridized carbons (Fsp3) is 0.0588. The number of hydrogen-bond acceptors (Lipinski definition) is 7. The van der Waals surface area contributed by atoms with Crippen LogP contribution in [0, 0.1) is 10.1 Å².